The number of nitrogens with zero attached hydrogens (tertiary/aromatic N) is 3. The van der Waals surface area contributed by atoms with Gasteiger partial charge in [-0.3, -0.25) is 0 Å². The Morgan fingerprint density at radius 3 is 2.68 bits per heavy atom. The Kier molecular flexibility index (Phi) is 6.40. The first-order valence-corrected chi connectivity index (χ1v) is 12.3. The van der Waals surface area contributed by atoms with Crippen molar-refractivity contribution in [1.29, 1.82) is 0 Å². The van der Waals surface area contributed by atoms with Crippen LogP contribution >= 0.6 is 11.3 Å². The highest BCUT2D eigenvalue weighted by molar-refractivity contribution is 7.15. The average Bonchev–Trinajstić information content (AvgIpc) is 3.35. The number of pyridine rings is 2. The largest absolute Gasteiger partial charge is 0.545 e. The maximum atomic E-state index is 14.5. The molecule has 7 nitrogen and oxygen atoms in total. The molecule has 4 aromatic rings. The van der Waals surface area contributed by atoms with E-state index in [0.717, 1.165) is 41.3 Å². The smallest absolute Gasteiger partial charge is 0.416 e. The van der Waals surface area contributed by atoms with E-state index in [1.54, 1.807) is 19.1 Å². The number of fused-ring (bicyclic) bond motifs is 1. The zero-order valence-electron chi connectivity index (χ0n) is 19.8. The molecule has 0 unspecified atom stereocenters. The molecular weight excluding hydrogens is 524 g/mol. The molecule has 1 aliphatic rings. The van der Waals surface area contributed by atoms with Gasteiger partial charge >= 0.3 is 6.18 Å². The summed E-state index contributed by atoms with van der Waals surface area (Å²) in [6.07, 6.45) is -0.709. The van der Waals surface area contributed by atoms with Gasteiger partial charge in [-0.2, -0.15) is 13.2 Å². The van der Waals surface area contributed by atoms with E-state index in [4.69, 9.17) is 0 Å². The van der Waals surface area contributed by atoms with Crippen molar-refractivity contribution in [3.63, 3.8) is 0 Å². The minimum absolute atomic E-state index is 0.0278. The molecule has 0 spiro atoms. The fourth-order valence-electron chi connectivity index (χ4n) is 4.51. The number of hydrogen-bond donors (Lipinski definition) is 2. The van der Waals surface area contributed by atoms with Gasteiger partial charge in [0.05, 0.1) is 22.1 Å². The highest BCUT2D eigenvalue weighted by Gasteiger charge is 2.40. The number of hydrogen-bond acceptors (Lipinski definition) is 8. The summed E-state index contributed by atoms with van der Waals surface area (Å²) in [5, 5.41) is 25.9. The number of carboxylic acids is 1. The number of carbonyl (C=O) groups is 1. The van der Waals surface area contributed by atoms with E-state index in [0.29, 0.717) is 29.0 Å². The summed E-state index contributed by atoms with van der Waals surface area (Å²) < 4.78 is 53.7. The van der Waals surface area contributed by atoms with Crippen LogP contribution in [0.25, 0.3) is 10.6 Å². The van der Waals surface area contributed by atoms with Crippen molar-refractivity contribution < 1.29 is 32.6 Å². The topological polar surface area (TPSA) is 111 Å². The highest BCUT2D eigenvalue weighted by atomic mass is 32.1. The summed E-state index contributed by atoms with van der Waals surface area (Å²) in [4.78, 5) is 24.6. The standard InChI is InChI=1S/C26H20F4N4O3S/c1-13-7-19(33-22(8-13)34-21-10-15(4-6-31-21)26(28,29)30)20-12-32-24(38-20)25(37)5-2-3-14-9-16(23(35)36)18(27)11-17(14)25/h4,6-12,37H,2-3,5H2,1H3,(H,35,36)(H,31,33,34)/p-1/t25-/m0/s1. The molecule has 2 N–H and O–H groups in total. The SMILES string of the molecule is Cc1cc(Nc2cc(C(F)(F)F)ccn2)nc(-c2cnc([C@]3(O)CCCc4cc(C(=O)[O-])c(F)cc43)s2)c1. The molecule has 0 amide bonds. The molecule has 0 aliphatic heterocycles. The normalized spacial score (nSPS) is 17.2. The quantitative estimate of drug-likeness (QED) is 0.350. The zero-order valence-corrected chi connectivity index (χ0v) is 20.6. The molecule has 5 rings (SSSR count). The summed E-state index contributed by atoms with van der Waals surface area (Å²) in [5.74, 6) is -2.40. The number of carbonyl (C=O) groups excluding carboxylic acids is 1. The maximum Gasteiger partial charge on any atom is 0.416 e. The number of aliphatic hydroxyl groups is 1. The third-order valence-electron chi connectivity index (χ3n) is 6.27. The number of rotatable bonds is 5. The van der Waals surface area contributed by atoms with Gasteiger partial charge in [-0.05, 0) is 79.3 Å². The number of benzene rings is 1. The lowest BCUT2D eigenvalue weighted by atomic mass is 9.78. The number of nitrogens with one attached hydrogen (secondary N) is 1. The number of halogens is 4. The maximum absolute atomic E-state index is 14.5. The van der Waals surface area contributed by atoms with Crippen molar-refractivity contribution in [1.82, 2.24) is 15.0 Å². The zero-order chi connectivity index (χ0) is 27.2. The van der Waals surface area contributed by atoms with Crippen molar-refractivity contribution in [2.24, 2.45) is 0 Å². The first-order valence-electron chi connectivity index (χ1n) is 11.5. The lowest BCUT2D eigenvalue weighted by Crippen LogP contribution is -2.33. The third-order valence-corrected chi connectivity index (χ3v) is 7.44. The molecule has 3 heterocycles. The van der Waals surface area contributed by atoms with Crippen molar-refractivity contribution >= 4 is 28.9 Å². The number of aryl methyl sites for hydroxylation is 2. The van der Waals surface area contributed by atoms with Gasteiger partial charge in [-0.25, -0.2) is 19.3 Å². The van der Waals surface area contributed by atoms with Crippen LogP contribution in [0.3, 0.4) is 0 Å². The monoisotopic (exact) mass is 543 g/mol. The minimum Gasteiger partial charge on any atom is -0.545 e. The summed E-state index contributed by atoms with van der Waals surface area (Å²) in [7, 11) is 0. The van der Waals surface area contributed by atoms with E-state index >= 15 is 0 Å². The summed E-state index contributed by atoms with van der Waals surface area (Å²) in [6, 6.07) is 7.38. The van der Waals surface area contributed by atoms with Crippen molar-refractivity contribution in [3.05, 3.63) is 87.4 Å². The van der Waals surface area contributed by atoms with Crippen LogP contribution in [-0.2, 0) is 18.2 Å². The molecule has 0 saturated carbocycles. The van der Waals surface area contributed by atoms with E-state index in [1.807, 2.05) is 0 Å². The molecule has 1 aromatic carbocycles. The van der Waals surface area contributed by atoms with E-state index in [9.17, 15) is 32.6 Å². The number of anilines is 2. The van der Waals surface area contributed by atoms with Gasteiger partial charge in [0.2, 0.25) is 0 Å². The molecule has 196 valence electrons. The lowest BCUT2D eigenvalue weighted by molar-refractivity contribution is -0.255. The molecule has 0 radical (unpaired) electrons. The van der Waals surface area contributed by atoms with Crippen LogP contribution in [-0.4, -0.2) is 26.0 Å². The number of aromatic nitrogens is 3. The van der Waals surface area contributed by atoms with Crippen LogP contribution in [0.4, 0.5) is 29.2 Å². The summed E-state index contributed by atoms with van der Waals surface area (Å²) in [5.41, 5.74) is -1.06. The Hall–Kier alpha value is -3.90. The lowest BCUT2D eigenvalue weighted by Gasteiger charge is -2.33. The van der Waals surface area contributed by atoms with Crippen LogP contribution in [0, 0.1) is 12.7 Å². The fourth-order valence-corrected chi connectivity index (χ4v) is 5.51. The van der Waals surface area contributed by atoms with Crippen LogP contribution in [0.5, 0.6) is 0 Å². The van der Waals surface area contributed by atoms with E-state index in [2.05, 4.69) is 20.3 Å². The van der Waals surface area contributed by atoms with Crippen molar-refractivity contribution in [3.8, 4) is 10.6 Å². The molecule has 1 aliphatic carbocycles. The van der Waals surface area contributed by atoms with Gasteiger partial charge in [0.25, 0.3) is 0 Å². The highest BCUT2D eigenvalue weighted by Crippen LogP contribution is 2.44. The molecular formula is C26H19F4N4O3S-. The predicted molar refractivity (Wildman–Crippen MR) is 129 cm³/mol. The van der Waals surface area contributed by atoms with Crippen LogP contribution in [0.2, 0.25) is 0 Å². The first kappa shape index (κ1) is 25.7. The molecule has 12 heteroatoms. The van der Waals surface area contributed by atoms with E-state index < -0.39 is 34.7 Å². The fraction of sp³-hybridized carbons (Fsp3) is 0.231. The van der Waals surface area contributed by atoms with Gasteiger partial charge in [0.15, 0.2) is 0 Å². The van der Waals surface area contributed by atoms with Crippen LogP contribution in [0.15, 0.2) is 48.8 Å². The van der Waals surface area contributed by atoms with Crippen LogP contribution in [0.1, 0.15) is 50.5 Å². The Labute approximate surface area is 217 Å². The Morgan fingerprint density at radius 1 is 1.16 bits per heavy atom. The molecule has 0 bridgehead atoms. The van der Waals surface area contributed by atoms with Gasteiger partial charge in [-0.15, -0.1) is 11.3 Å². The molecule has 0 fully saturated rings. The van der Waals surface area contributed by atoms with Gasteiger partial charge in [0, 0.05) is 18.0 Å². The minimum atomic E-state index is -4.52. The van der Waals surface area contributed by atoms with Gasteiger partial charge in [-0.1, -0.05) is 0 Å². The number of alkyl halides is 3. The third kappa shape index (κ3) is 4.84. The predicted octanol–water partition coefficient (Wildman–Crippen LogP) is 4.75. The Morgan fingerprint density at radius 2 is 1.95 bits per heavy atom. The van der Waals surface area contributed by atoms with E-state index in [1.165, 1.54) is 12.3 Å². The van der Waals surface area contributed by atoms with Gasteiger partial charge < -0.3 is 20.3 Å². The number of aromatic carboxylic acids is 1. The van der Waals surface area contributed by atoms with Crippen molar-refractivity contribution in [2.75, 3.05) is 5.32 Å². The first-order chi connectivity index (χ1) is 17.9. The van der Waals surface area contributed by atoms with Crippen LogP contribution < -0.4 is 10.4 Å². The Balaban J connectivity index is 1.47. The second-order valence-corrected chi connectivity index (χ2v) is 10.0. The summed E-state index contributed by atoms with van der Waals surface area (Å²) in [6.45, 7) is 1.79. The number of carboxylic acid groups (broad SMARTS) is 1. The Bertz CT molecular complexity index is 1560. The summed E-state index contributed by atoms with van der Waals surface area (Å²) >= 11 is 1.13. The second kappa shape index (κ2) is 9.44. The molecule has 3 aromatic heterocycles. The van der Waals surface area contributed by atoms with E-state index in [-0.39, 0.29) is 28.6 Å². The van der Waals surface area contributed by atoms with Gasteiger partial charge in [0.1, 0.15) is 28.1 Å². The number of thiazole rings is 1. The molecule has 0 saturated heterocycles. The average molecular weight is 544 g/mol. The second-order valence-electron chi connectivity index (χ2n) is 8.99. The molecule has 1 atom stereocenters. The molecule has 38 heavy (non-hydrogen) atoms. The van der Waals surface area contributed by atoms with Crippen molar-refractivity contribution in [2.45, 2.75) is 38.0 Å².